The number of nitrogens with one attached hydrogen (secondary N) is 1. The maximum atomic E-state index is 12.7. The fourth-order valence-corrected chi connectivity index (χ4v) is 6.84. The molecule has 1 aromatic heterocycles. The number of hydrogen-bond acceptors (Lipinski definition) is 7. The maximum absolute atomic E-state index is 12.7. The van der Waals surface area contributed by atoms with Crippen LogP contribution in [0.1, 0.15) is 25.1 Å². The van der Waals surface area contributed by atoms with Crippen LogP contribution in [0.4, 0.5) is 5.69 Å². The summed E-state index contributed by atoms with van der Waals surface area (Å²) in [4.78, 5) is 27.6. The van der Waals surface area contributed by atoms with Crippen molar-refractivity contribution in [3.63, 3.8) is 0 Å². The molecule has 0 saturated carbocycles. The number of carbonyl (C=O) groups is 2. The summed E-state index contributed by atoms with van der Waals surface area (Å²) in [7, 11) is -3.52. The summed E-state index contributed by atoms with van der Waals surface area (Å²) in [6, 6.07) is 8.60. The first-order valence-corrected chi connectivity index (χ1v) is 13.2. The highest BCUT2D eigenvalue weighted by Crippen LogP contribution is 2.36. The van der Waals surface area contributed by atoms with Gasteiger partial charge in [0, 0.05) is 42.7 Å². The van der Waals surface area contributed by atoms with Crippen LogP contribution in [-0.2, 0) is 26.2 Å². The van der Waals surface area contributed by atoms with Crippen molar-refractivity contribution in [2.24, 2.45) is 5.92 Å². The molecule has 0 spiro atoms. The van der Waals surface area contributed by atoms with E-state index in [9.17, 15) is 18.0 Å². The van der Waals surface area contributed by atoms with Gasteiger partial charge < -0.3 is 19.7 Å². The minimum Gasteiger partial charge on any atom is -0.486 e. The Bertz CT molecular complexity index is 1140. The van der Waals surface area contributed by atoms with E-state index in [1.807, 2.05) is 0 Å². The van der Waals surface area contributed by atoms with Crippen LogP contribution in [-0.4, -0.2) is 57.4 Å². The third kappa shape index (κ3) is 4.85. The summed E-state index contributed by atoms with van der Waals surface area (Å²) in [5, 5.41) is 2.84. The first-order chi connectivity index (χ1) is 15.8. The lowest BCUT2D eigenvalue weighted by Crippen LogP contribution is -2.32. The van der Waals surface area contributed by atoms with Crippen LogP contribution in [0, 0.1) is 5.92 Å². The fourth-order valence-electron chi connectivity index (χ4n) is 3.93. The fraction of sp³-hybridized carbons (Fsp3) is 0.455. The lowest BCUT2D eigenvalue weighted by Gasteiger charge is -2.22. The lowest BCUT2D eigenvalue weighted by atomic mass is 10.1. The molecule has 1 atom stereocenters. The van der Waals surface area contributed by atoms with E-state index in [2.05, 4.69) is 5.32 Å². The topological polar surface area (TPSA) is 105 Å². The van der Waals surface area contributed by atoms with Gasteiger partial charge >= 0.3 is 0 Å². The van der Waals surface area contributed by atoms with E-state index < -0.39 is 15.9 Å². The molecule has 1 fully saturated rings. The number of fused-ring (bicyclic) bond motifs is 1. The molecule has 4 rings (SSSR count). The van der Waals surface area contributed by atoms with E-state index in [0.29, 0.717) is 43.5 Å². The predicted octanol–water partition coefficient (Wildman–Crippen LogP) is 2.22. The van der Waals surface area contributed by atoms with E-state index in [1.54, 1.807) is 49.1 Å². The molecule has 2 aliphatic rings. The molecule has 0 aliphatic carbocycles. The molecule has 1 saturated heterocycles. The number of ether oxygens (including phenoxy) is 2. The summed E-state index contributed by atoms with van der Waals surface area (Å²) in [5.74, 6) is 0.391. The second kappa shape index (κ2) is 9.70. The number of carbonyl (C=O) groups excluding carboxylic acids is 2. The zero-order chi connectivity index (χ0) is 23.6. The summed E-state index contributed by atoms with van der Waals surface area (Å²) in [6.45, 7) is 5.83. The molecule has 2 aromatic rings. The zero-order valence-corrected chi connectivity index (χ0v) is 20.2. The Morgan fingerprint density at radius 1 is 1.15 bits per heavy atom. The summed E-state index contributed by atoms with van der Waals surface area (Å²) >= 11 is 1.15. The molecule has 0 bridgehead atoms. The summed E-state index contributed by atoms with van der Waals surface area (Å²) < 4.78 is 38.0. The number of anilines is 1. The molecule has 2 amide bonds. The van der Waals surface area contributed by atoms with E-state index in [1.165, 1.54) is 4.31 Å². The molecular weight excluding hydrogens is 466 g/mol. The van der Waals surface area contributed by atoms with Crippen LogP contribution in [0.5, 0.6) is 11.5 Å². The smallest absolute Gasteiger partial charge is 0.252 e. The average Bonchev–Trinajstić information content (AvgIpc) is 3.45. The number of sulfonamides is 1. The van der Waals surface area contributed by atoms with Crippen LogP contribution in [0.2, 0.25) is 0 Å². The molecular formula is C22H27N3O6S2. The maximum Gasteiger partial charge on any atom is 0.252 e. The number of amides is 2. The summed E-state index contributed by atoms with van der Waals surface area (Å²) in [5.41, 5.74) is 0.670. The van der Waals surface area contributed by atoms with Crippen molar-refractivity contribution < 1.29 is 27.5 Å². The van der Waals surface area contributed by atoms with Crippen LogP contribution in [0.15, 0.2) is 34.5 Å². The standard InChI is InChI=1S/C22H27N3O6S2/c1-3-24(4-2)33(28,29)21-8-6-17(32-21)13-23-22(27)15-11-20(26)25(14-15)16-5-7-18-19(12-16)31-10-9-30-18/h5-8,12,15H,3-4,9-11,13-14H2,1-2H3,(H,23,27)/t15-/m1/s1. The Morgan fingerprint density at radius 3 is 2.61 bits per heavy atom. The number of benzene rings is 1. The highest BCUT2D eigenvalue weighted by atomic mass is 32.2. The summed E-state index contributed by atoms with van der Waals surface area (Å²) in [6.07, 6.45) is 0.117. The van der Waals surface area contributed by atoms with Gasteiger partial charge in [0.1, 0.15) is 17.4 Å². The third-order valence-corrected chi connectivity index (χ3v) is 9.31. The van der Waals surface area contributed by atoms with Crippen molar-refractivity contribution in [3.8, 4) is 11.5 Å². The second-order valence-electron chi connectivity index (χ2n) is 7.76. The van der Waals surface area contributed by atoms with Crippen molar-refractivity contribution in [2.45, 2.75) is 31.0 Å². The molecule has 1 N–H and O–H groups in total. The Hall–Kier alpha value is -2.63. The van der Waals surface area contributed by atoms with Gasteiger partial charge in [-0.15, -0.1) is 11.3 Å². The van der Waals surface area contributed by atoms with Crippen LogP contribution in [0.25, 0.3) is 0 Å². The van der Waals surface area contributed by atoms with Gasteiger partial charge in [0.05, 0.1) is 12.5 Å². The second-order valence-corrected chi connectivity index (χ2v) is 11.1. The van der Waals surface area contributed by atoms with Gasteiger partial charge in [-0.1, -0.05) is 13.8 Å². The van der Waals surface area contributed by atoms with E-state index >= 15 is 0 Å². The van der Waals surface area contributed by atoms with Gasteiger partial charge in [-0.05, 0) is 24.3 Å². The van der Waals surface area contributed by atoms with E-state index in [4.69, 9.17) is 9.47 Å². The van der Waals surface area contributed by atoms with Crippen LogP contribution >= 0.6 is 11.3 Å². The SMILES string of the molecule is CCN(CC)S(=O)(=O)c1ccc(CNC(=O)[C@@H]2CC(=O)N(c3ccc4c(c3)OCCO4)C2)s1. The first-order valence-electron chi connectivity index (χ1n) is 10.9. The van der Waals surface area contributed by atoms with Gasteiger partial charge in [-0.2, -0.15) is 4.31 Å². The number of thiophene rings is 1. The normalized spacial score (nSPS) is 18.1. The number of nitrogens with zero attached hydrogens (tertiary/aromatic N) is 2. The Labute approximate surface area is 197 Å². The monoisotopic (exact) mass is 493 g/mol. The Morgan fingerprint density at radius 2 is 1.88 bits per heavy atom. The third-order valence-electron chi connectivity index (χ3n) is 5.71. The molecule has 0 radical (unpaired) electrons. The molecule has 9 nitrogen and oxygen atoms in total. The Balaban J connectivity index is 1.36. The molecule has 11 heteroatoms. The van der Waals surface area contributed by atoms with Crippen molar-refractivity contribution in [2.75, 3.05) is 37.7 Å². The lowest BCUT2D eigenvalue weighted by molar-refractivity contribution is -0.126. The predicted molar refractivity (Wildman–Crippen MR) is 124 cm³/mol. The van der Waals surface area contributed by atoms with Crippen molar-refractivity contribution in [3.05, 3.63) is 35.2 Å². The minimum absolute atomic E-state index is 0.117. The number of hydrogen-bond donors (Lipinski definition) is 1. The van der Waals surface area contributed by atoms with Gasteiger partial charge in [0.15, 0.2) is 11.5 Å². The zero-order valence-electron chi connectivity index (χ0n) is 18.6. The van der Waals surface area contributed by atoms with Crippen LogP contribution < -0.4 is 19.7 Å². The van der Waals surface area contributed by atoms with E-state index in [0.717, 1.165) is 16.2 Å². The highest BCUT2D eigenvalue weighted by Gasteiger charge is 2.35. The molecule has 2 aliphatic heterocycles. The molecule has 33 heavy (non-hydrogen) atoms. The van der Waals surface area contributed by atoms with Gasteiger partial charge in [-0.3, -0.25) is 9.59 Å². The van der Waals surface area contributed by atoms with Crippen molar-refractivity contribution in [1.82, 2.24) is 9.62 Å². The van der Waals surface area contributed by atoms with Gasteiger partial charge in [0.2, 0.25) is 11.8 Å². The quantitative estimate of drug-likeness (QED) is 0.605. The Kier molecular flexibility index (Phi) is 6.91. The first kappa shape index (κ1) is 23.5. The highest BCUT2D eigenvalue weighted by molar-refractivity contribution is 7.91. The average molecular weight is 494 g/mol. The van der Waals surface area contributed by atoms with Gasteiger partial charge in [0.25, 0.3) is 10.0 Å². The largest absolute Gasteiger partial charge is 0.486 e. The molecule has 3 heterocycles. The van der Waals surface area contributed by atoms with Crippen LogP contribution in [0.3, 0.4) is 0 Å². The number of rotatable bonds is 8. The molecule has 1 aromatic carbocycles. The minimum atomic E-state index is -3.52. The van der Waals surface area contributed by atoms with Gasteiger partial charge in [-0.25, -0.2) is 8.42 Å². The van der Waals surface area contributed by atoms with E-state index in [-0.39, 0.29) is 35.5 Å². The molecule has 178 valence electrons. The van der Waals surface area contributed by atoms with Crippen molar-refractivity contribution >= 4 is 38.9 Å². The molecule has 0 unspecified atom stereocenters. The van der Waals surface area contributed by atoms with Crippen molar-refractivity contribution in [1.29, 1.82) is 0 Å².